The number of nitrogens with zero attached hydrogens (tertiary/aromatic N) is 4. The first-order chi connectivity index (χ1) is 23.4. The Labute approximate surface area is 292 Å². The number of aliphatic hydroxyl groups is 1. The number of fused-ring (bicyclic) bond motifs is 1. The Bertz CT molecular complexity index is 1780. The molecule has 8 nitrogen and oxygen atoms in total. The second-order valence-electron chi connectivity index (χ2n) is 12.4. The van der Waals surface area contributed by atoms with Gasteiger partial charge in [-0.1, -0.05) is 65.4 Å². The third-order valence-corrected chi connectivity index (χ3v) is 9.63. The average molecular weight is 687 g/mol. The summed E-state index contributed by atoms with van der Waals surface area (Å²) in [6.07, 6.45) is 1.65. The minimum atomic E-state index is -0.502. The number of aromatic nitrogens is 2. The predicted molar refractivity (Wildman–Crippen MR) is 190 cm³/mol. The van der Waals surface area contributed by atoms with Crippen molar-refractivity contribution in [2.75, 3.05) is 39.5 Å². The highest BCUT2D eigenvalue weighted by Gasteiger charge is 2.28. The van der Waals surface area contributed by atoms with Crippen molar-refractivity contribution < 1.29 is 14.6 Å². The summed E-state index contributed by atoms with van der Waals surface area (Å²) in [5.74, 6) is 6.27. The number of carbonyl (C=O) groups is 1. The molecule has 0 bridgehead atoms. The Morgan fingerprint density at radius 2 is 1.75 bits per heavy atom. The first-order valence-electron chi connectivity index (χ1n) is 16.5. The summed E-state index contributed by atoms with van der Waals surface area (Å²) in [5.41, 5.74) is 7.86. The summed E-state index contributed by atoms with van der Waals surface area (Å²) >= 11 is 12.6. The van der Waals surface area contributed by atoms with Crippen molar-refractivity contribution in [2.45, 2.75) is 52.0 Å². The highest BCUT2D eigenvalue weighted by Crippen LogP contribution is 2.32. The van der Waals surface area contributed by atoms with Gasteiger partial charge in [0.15, 0.2) is 0 Å². The van der Waals surface area contributed by atoms with Crippen molar-refractivity contribution in [1.82, 2.24) is 24.9 Å². The fourth-order valence-corrected chi connectivity index (χ4v) is 6.60. The van der Waals surface area contributed by atoms with Gasteiger partial charge in [-0.25, -0.2) is 0 Å². The minimum Gasteiger partial charge on any atom is -0.387 e. The molecule has 2 aliphatic heterocycles. The third kappa shape index (κ3) is 8.48. The van der Waals surface area contributed by atoms with E-state index in [1.54, 1.807) is 4.90 Å². The molecule has 0 unspecified atom stereocenters. The van der Waals surface area contributed by atoms with Crippen molar-refractivity contribution in [1.29, 1.82) is 0 Å². The number of morpholine rings is 1. The van der Waals surface area contributed by atoms with Crippen molar-refractivity contribution in [3.05, 3.63) is 110 Å². The number of hydrogen-bond donors (Lipinski definition) is 2. The van der Waals surface area contributed by atoms with E-state index in [-0.39, 0.29) is 5.91 Å². The number of ether oxygens (including phenoxy) is 1. The van der Waals surface area contributed by atoms with Crippen molar-refractivity contribution >= 4 is 29.1 Å². The van der Waals surface area contributed by atoms with Crippen LogP contribution in [0.15, 0.2) is 66.7 Å². The molecule has 48 heavy (non-hydrogen) atoms. The molecular formula is C38H41Cl2N5O3. The molecule has 1 atom stereocenters. The second kappa shape index (κ2) is 16.1. The number of aliphatic hydroxyl groups excluding tert-OH is 1. The van der Waals surface area contributed by atoms with Crippen molar-refractivity contribution in [3.63, 3.8) is 0 Å². The van der Waals surface area contributed by atoms with E-state index in [9.17, 15) is 9.90 Å². The summed E-state index contributed by atoms with van der Waals surface area (Å²) < 4.78 is 7.72. The molecule has 10 heteroatoms. The number of benzene rings is 3. The zero-order valence-corrected chi connectivity index (χ0v) is 28.7. The Morgan fingerprint density at radius 1 is 1.00 bits per heavy atom. The lowest BCUT2D eigenvalue weighted by molar-refractivity contribution is -0.135. The van der Waals surface area contributed by atoms with Crippen LogP contribution in [-0.2, 0) is 42.1 Å². The van der Waals surface area contributed by atoms with E-state index < -0.39 is 6.61 Å². The maximum absolute atomic E-state index is 12.5. The van der Waals surface area contributed by atoms with Crippen LogP contribution in [0.2, 0.25) is 10.0 Å². The fourth-order valence-electron chi connectivity index (χ4n) is 6.31. The van der Waals surface area contributed by atoms with Gasteiger partial charge in [-0.2, -0.15) is 5.10 Å². The molecule has 1 saturated heterocycles. The SMILES string of the molecule is C[C@H]1COCCN1CCCn1nc(-c2ccc(Cl)c(C#Cc3ccc(CNCc4ccc(Cl)cc4)cc3)c2)c2c1CCN(C(=O)CO)C2. The number of aryl methyl sites for hydroxylation is 1. The molecule has 1 fully saturated rings. The van der Waals surface area contributed by atoms with Crippen LogP contribution in [0.1, 0.15) is 46.9 Å². The van der Waals surface area contributed by atoms with Gasteiger partial charge >= 0.3 is 0 Å². The zero-order valence-electron chi connectivity index (χ0n) is 27.2. The van der Waals surface area contributed by atoms with Crippen LogP contribution in [0, 0.1) is 11.8 Å². The highest BCUT2D eigenvalue weighted by atomic mass is 35.5. The molecule has 2 aliphatic rings. The maximum Gasteiger partial charge on any atom is 0.248 e. The van der Waals surface area contributed by atoms with E-state index in [1.807, 2.05) is 54.6 Å². The number of nitrogens with one attached hydrogen (secondary N) is 1. The number of hydrogen-bond acceptors (Lipinski definition) is 6. The molecule has 4 aromatic rings. The van der Waals surface area contributed by atoms with Crippen molar-refractivity contribution in [3.8, 4) is 23.1 Å². The van der Waals surface area contributed by atoms with Gasteiger partial charge in [0.1, 0.15) is 6.61 Å². The zero-order chi connectivity index (χ0) is 33.5. The van der Waals surface area contributed by atoms with E-state index in [2.05, 4.69) is 45.8 Å². The normalized spacial score (nSPS) is 16.3. The largest absolute Gasteiger partial charge is 0.387 e. The summed E-state index contributed by atoms with van der Waals surface area (Å²) in [6, 6.07) is 22.3. The molecule has 0 radical (unpaired) electrons. The predicted octanol–water partition coefficient (Wildman–Crippen LogP) is 5.53. The number of halogens is 2. The molecule has 3 heterocycles. The van der Waals surface area contributed by atoms with Crippen LogP contribution in [0.4, 0.5) is 0 Å². The summed E-state index contributed by atoms with van der Waals surface area (Å²) in [5, 5.41) is 19.4. The van der Waals surface area contributed by atoms with Crippen LogP contribution < -0.4 is 5.32 Å². The highest BCUT2D eigenvalue weighted by molar-refractivity contribution is 6.31. The van der Waals surface area contributed by atoms with Gasteiger partial charge in [-0.3, -0.25) is 14.4 Å². The Balaban J connectivity index is 1.17. The van der Waals surface area contributed by atoms with Gasteiger partial charge in [-0.15, -0.1) is 0 Å². The summed E-state index contributed by atoms with van der Waals surface area (Å²) in [4.78, 5) is 16.6. The number of rotatable bonds is 10. The van der Waals surface area contributed by atoms with Gasteiger partial charge in [0.05, 0.1) is 23.9 Å². The standard InChI is InChI=1S/C38H41Cl2N5O3/c1-27-26-48-20-19-43(27)16-2-17-45-36-15-18-44(37(47)25-46)24-34(36)38(42-45)32-11-14-35(40)31(21-32)10-7-28-3-5-29(6-4-28)22-41-23-30-8-12-33(39)13-9-30/h3-6,8-9,11-14,21,27,41,46H,2,15-20,22-26H2,1H3/t27-/m0/s1. The number of amides is 1. The van der Waals surface area contributed by atoms with Crippen LogP contribution in [-0.4, -0.2) is 76.1 Å². The van der Waals surface area contributed by atoms with Crippen LogP contribution in [0.25, 0.3) is 11.3 Å². The van der Waals surface area contributed by atoms with Gasteiger partial charge in [0.25, 0.3) is 0 Å². The molecule has 0 aliphatic carbocycles. The van der Waals surface area contributed by atoms with E-state index in [0.717, 1.165) is 85.5 Å². The monoisotopic (exact) mass is 685 g/mol. The molecule has 0 spiro atoms. The van der Waals surface area contributed by atoms with Gasteiger partial charge in [-0.05, 0) is 60.9 Å². The molecule has 2 N–H and O–H groups in total. The van der Waals surface area contributed by atoms with Crippen molar-refractivity contribution in [2.24, 2.45) is 0 Å². The second-order valence-corrected chi connectivity index (χ2v) is 13.2. The Morgan fingerprint density at radius 3 is 2.48 bits per heavy atom. The van der Waals surface area contributed by atoms with E-state index in [0.29, 0.717) is 36.1 Å². The minimum absolute atomic E-state index is 0.272. The van der Waals surface area contributed by atoms with Crippen LogP contribution in [0.5, 0.6) is 0 Å². The first kappa shape index (κ1) is 34.2. The lowest BCUT2D eigenvalue weighted by Gasteiger charge is -2.33. The lowest BCUT2D eigenvalue weighted by Crippen LogP contribution is -2.44. The first-order valence-corrected chi connectivity index (χ1v) is 17.3. The molecule has 1 aromatic heterocycles. The molecule has 250 valence electrons. The van der Waals surface area contributed by atoms with Gasteiger partial charge in [0, 0.05) is 91.2 Å². The summed E-state index contributed by atoms with van der Waals surface area (Å²) in [7, 11) is 0. The maximum atomic E-state index is 12.5. The molecule has 3 aromatic carbocycles. The fraction of sp³-hybridized carbons (Fsp3) is 0.368. The topological polar surface area (TPSA) is 82.9 Å². The molecule has 1 amide bonds. The Kier molecular flexibility index (Phi) is 11.5. The Hall–Kier alpha value is -3.68. The van der Waals surface area contributed by atoms with Crippen LogP contribution >= 0.6 is 23.2 Å². The smallest absolute Gasteiger partial charge is 0.248 e. The molecule has 0 saturated carbocycles. The van der Waals surface area contributed by atoms with Gasteiger partial charge < -0.3 is 20.1 Å². The van der Waals surface area contributed by atoms with Gasteiger partial charge in [0.2, 0.25) is 5.91 Å². The van der Waals surface area contributed by atoms with E-state index >= 15 is 0 Å². The van der Waals surface area contributed by atoms with E-state index in [1.165, 1.54) is 11.1 Å². The average Bonchev–Trinajstić information content (AvgIpc) is 3.47. The number of carbonyl (C=O) groups excluding carboxylic acids is 1. The molecule has 6 rings (SSSR count). The molecular weight excluding hydrogens is 645 g/mol. The van der Waals surface area contributed by atoms with E-state index in [4.69, 9.17) is 33.0 Å². The lowest BCUT2D eigenvalue weighted by atomic mass is 9.99. The third-order valence-electron chi connectivity index (χ3n) is 9.05. The summed E-state index contributed by atoms with van der Waals surface area (Å²) in [6.45, 7) is 8.44. The van der Waals surface area contributed by atoms with Crippen LogP contribution in [0.3, 0.4) is 0 Å². The quantitative estimate of drug-likeness (QED) is 0.214.